The summed E-state index contributed by atoms with van der Waals surface area (Å²) >= 11 is 0. The van der Waals surface area contributed by atoms with E-state index in [0.717, 1.165) is 0 Å². The van der Waals surface area contributed by atoms with Crippen LogP contribution in [0.25, 0.3) is 0 Å². The third-order valence-electron chi connectivity index (χ3n) is 4.08. The highest BCUT2D eigenvalue weighted by atomic mass is 16.4. The number of rotatable bonds is 6. The monoisotopic (exact) mass is 352 g/mol. The van der Waals surface area contributed by atoms with Crippen LogP contribution in [0.5, 0.6) is 0 Å². The van der Waals surface area contributed by atoms with Gasteiger partial charge in [0.2, 0.25) is 0 Å². The van der Waals surface area contributed by atoms with E-state index in [0.29, 0.717) is 11.4 Å². The molecule has 0 radical (unpaired) electrons. The zero-order chi connectivity index (χ0) is 18.7. The average Bonchev–Trinajstić information content (AvgIpc) is 2.95. The Kier molecular flexibility index (Phi) is 4.70. The third-order valence-corrected chi connectivity index (χ3v) is 4.08. The molecule has 0 bridgehead atoms. The molecule has 2 aromatic carbocycles. The Morgan fingerprint density at radius 3 is 1.85 bits per heavy atom. The van der Waals surface area contributed by atoms with E-state index in [2.05, 4.69) is 10.6 Å². The van der Waals surface area contributed by atoms with E-state index in [-0.39, 0.29) is 16.9 Å². The second kappa shape index (κ2) is 7.10. The average molecular weight is 352 g/mol. The summed E-state index contributed by atoms with van der Waals surface area (Å²) in [6, 6.07) is 11.4. The number of carbonyl (C=O) groups excluding carboxylic acids is 1. The lowest BCUT2D eigenvalue weighted by atomic mass is 10.1. The van der Waals surface area contributed by atoms with Gasteiger partial charge in [-0.15, -0.1) is 0 Å². The Labute approximate surface area is 149 Å². The summed E-state index contributed by atoms with van der Waals surface area (Å²) in [7, 11) is 0. The molecular formula is C19H16N2O5. The van der Waals surface area contributed by atoms with Crippen molar-refractivity contribution in [1.82, 2.24) is 0 Å². The normalized spacial score (nSPS) is 18.5. The van der Waals surface area contributed by atoms with Crippen molar-refractivity contribution in [2.45, 2.75) is 12.1 Å². The van der Waals surface area contributed by atoms with Crippen LogP contribution in [0.1, 0.15) is 20.7 Å². The van der Waals surface area contributed by atoms with Crippen molar-refractivity contribution in [1.29, 1.82) is 0 Å². The van der Waals surface area contributed by atoms with E-state index in [1.807, 2.05) is 0 Å². The number of carboxylic acids is 2. The summed E-state index contributed by atoms with van der Waals surface area (Å²) in [5.74, 6) is -2.41. The SMILES string of the molecule is O=C(O)c1ccccc1NC1C=CC(=O)C1Nc1ccccc1C(=O)O. The Hall–Kier alpha value is -3.61. The van der Waals surface area contributed by atoms with E-state index < -0.39 is 24.0 Å². The molecule has 4 N–H and O–H groups in total. The van der Waals surface area contributed by atoms with Crippen LogP contribution in [-0.4, -0.2) is 40.0 Å². The highest BCUT2D eigenvalue weighted by Gasteiger charge is 2.31. The fourth-order valence-electron chi connectivity index (χ4n) is 2.82. The van der Waals surface area contributed by atoms with Crippen molar-refractivity contribution in [3.05, 3.63) is 71.8 Å². The fourth-order valence-corrected chi connectivity index (χ4v) is 2.82. The minimum Gasteiger partial charge on any atom is -0.478 e. The Balaban J connectivity index is 1.86. The highest BCUT2D eigenvalue weighted by molar-refractivity contribution is 6.02. The van der Waals surface area contributed by atoms with Gasteiger partial charge in [-0.25, -0.2) is 9.59 Å². The van der Waals surface area contributed by atoms with Gasteiger partial charge in [0, 0.05) is 11.4 Å². The van der Waals surface area contributed by atoms with Gasteiger partial charge in [-0.1, -0.05) is 30.3 Å². The van der Waals surface area contributed by atoms with Crippen molar-refractivity contribution >= 4 is 29.1 Å². The Bertz CT molecular complexity index is 906. The fraction of sp³-hybridized carbons (Fsp3) is 0.105. The summed E-state index contributed by atoms with van der Waals surface area (Å²) in [5.41, 5.74) is 0.838. The topological polar surface area (TPSA) is 116 Å². The molecule has 0 aliphatic heterocycles. The van der Waals surface area contributed by atoms with Crippen molar-refractivity contribution in [2.75, 3.05) is 10.6 Å². The second-order valence-corrected chi connectivity index (χ2v) is 5.76. The molecule has 2 atom stereocenters. The van der Waals surface area contributed by atoms with E-state index in [4.69, 9.17) is 0 Å². The standard InChI is InChI=1S/C19H16N2O5/c22-16-10-9-15(20-13-7-3-1-5-11(13)18(23)24)17(16)21-14-8-4-2-6-12(14)19(25)26/h1-10,15,17,20-21H,(H,23,24)(H,25,26). The van der Waals surface area contributed by atoms with Crippen LogP contribution in [0.15, 0.2) is 60.7 Å². The number of hydrogen-bond donors (Lipinski definition) is 4. The Morgan fingerprint density at radius 1 is 0.808 bits per heavy atom. The van der Waals surface area contributed by atoms with Crippen molar-refractivity contribution < 1.29 is 24.6 Å². The molecule has 1 aliphatic rings. The van der Waals surface area contributed by atoms with Gasteiger partial charge in [0.05, 0.1) is 17.2 Å². The van der Waals surface area contributed by atoms with E-state index in [1.165, 1.54) is 18.2 Å². The molecular weight excluding hydrogens is 336 g/mol. The molecule has 0 heterocycles. The number of hydrogen-bond acceptors (Lipinski definition) is 5. The quantitative estimate of drug-likeness (QED) is 0.631. The maximum atomic E-state index is 12.2. The van der Waals surface area contributed by atoms with Crippen LogP contribution in [0.3, 0.4) is 0 Å². The lowest BCUT2D eigenvalue weighted by Gasteiger charge is -2.24. The summed E-state index contributed by atoms with van der Waals surface area (Å²) in [4.78, 5) is 34.9. The molecule has 0 saturated carbocycles. The molecule has 1 aliphatic carbocycles. The van der Waals surface area contributed by atoms with Crippen molar-refractivity contribution in [3.63, 3.8) is 0 Å². The van der Waals surface area contributed by atoms with E-state index >= 15 is 0 Å². The number of nitrogens with one attached hydrogen (secondary N) is 2. The van der Waals surface area contributed by atoms with Gasteiger partial charge in [0.25, 0.3) is 0 Å². The number of anilines is 2. The molecule has 7 nitrogen and oxygen atoms in total. The molecule has 132 valence electrons. The number of carboxylic acid groups (broad SMARTS) is 2. The minimum atomic E-state index is -1.10. The lowest BCUT2D eigenvalue weighted by molar-refractivity contribution is -0.114. The number of para-hydroxylation sites is 2. The van der Waals surface area contributed by atoms with Gasteiger partial charge in [0.15, 0.2) is 5.78 Å². The zero-order valence-corrected chi connectivity index (χ0v) is 13.5. The molecule has 7 heteroatoms. The largest absolute Gasteiger partial charge is 0.478 e. The van der Waals surface area contributed by atoms with E-state index in [9.17, 15) is 24.6 Å². The number of carbonyl (C=O) groups is 3. The van der Waals surface area contributed by atoms with Gasteiger partial charge in [-0.05, 0) is 30.3 Å². The lowest BCUT2D eigenvalue weighted by Crippen LogP contribution is -2.40. The molecule has 0 amide bonds. The first-order valence-electron chi connectivity index (χ1n) is 7.87. The van der Waals surface area contributed by atoms with Crippen LogP contribution in [0, 0.1) is 0 Å². The molecule has 3 rings (SSSR count). The molecule has 26 heavy (non-hydrogen) atoms. The molecule has 0 aromatic heterocycles. The molecule has 2 aromatic rings. The van der Waals surface area contributed by atoms with Crippen LogP contribution >= 0.6 is 0 Å². The molecule has 0 fully saturated rings. The van der Waals surface area contributed by atoms with Crippen molar-refractivity contribution in [2.24, 2.45) is 0 Å². The predicted octanol–water partition coefficient (Wildman–Crippen LogP) is 2.48. The number of benzene rings is 2. The zero-order valence-electron chi connectivity index (χ0n) is 13.5. The van der Waals surface area contributed by atoms with Gasteiger partial charge in [-0.3, -0.25) is 4.79 Å². The summed E-state index contributed by atoms with van der Waals surface area (Å²) in [6.07, 6.45) is 3.02. The van der Waals surface area contributed by atoms with Gasteiger partial charge in [-0.2, -0.15) is 0 Å². The predicted molar refractivity (Wildman–Crippen MR) is 95.8 cm³/mol. The highest BCUT2D eigenvalue weighted by Crippen LogP contribution is 2.24. The first-order valence-corrected chi connectivity index (χ1v) is 7.87. The summed E-state index contributed by atoms with van der Waals surface area (Å²) in [5, 5.41) is 24.6. The van der Waals surface area contributed by atoms with E-state index in [1.54, 1.807) is 42.5 Å². The maximum absolute atomic E-state index is 12.2. The third kappa shape index (κ3) is 3.41. The van der Waals surface area contributed by atoms with Crippen LogP contribution in [0.4, 0.5) is 11.4 Å². The number of ketones is 1. The van der Waals surface area contributed by atoms with Crippen LogP contribution in [-0.2, 0) is 4.79 Å². The maximum Gasteiger partial charge on any atom is 0.337 e. The first kappa shape index (κ1) is 17.2. The first-order chi connectivity index (χ1) is 12.5. The summed E-state index contributed by atoms with van der Waals surface area (Å²) < 4.78 is 0. The smallest absolute Gasteiger partial charge is 0.337 e. The van der Waals surface area contributed by atoms with Crippen LogP contribution in [0.2, 0.25) is 0 Å². The van der Waals surface area contributed by atoms with Gasteiger partial charge in [0.1, 0.15) is 6.04 Å². The molecule has 0 spiro atoms. The van der Waals surface area contributed by atoms with Gasteiger partial charge < -0.3 is 20.8 Å². The minimum absolute atomic E-state index is 0.0527. The Morgan fingerprint density at radius 2 is 1.31 bits per heavy atom. The number of aromatic carboxylic acids is 2. The second-order valence-electron chi connectivity index (χ2n) is 5.76. The van der Waals surface area contributed by atoms with Crippen molar-refractivity contribution in [3.8, 4) is 0 Å². The molecule has 2 unspecified atom stereocenters. The van der Waals surface area contributed by atoms with Gasteiger partial charge >= 0.3 is 11.9 Å². The summed E-state index contributed by atoms with van der Waals surface area (Å²) in [6.45, 7) is 0. The molecule has 0 saturated heterocycles. The van der Waals surface area contributed by atoms with Crippen LogP contribution < -0.4 is 10.6 Å².